The van der Waals surface area contributed by atoms with Gasteiger partial charge in [-0.2, -0.15) is 0 Å². The van der Waals surface area contributed by atoms with Crippen molar-refractivity contribution in [2.45, 2.75) is 39.3 Å². The minimum Gasteiger partial charge on any atom is -0.480 e. The van der Waals surface area contributed by atoms with Gasteiger partial charge in [-0.3, -0.25) is 4.79 Å². The molecule has 2 aromatic rings. The van der Waals surface area contributed by atoms with Crippen LogP contribution in [-0.4, -0.2) is 17.0 Å². The van der Waals surface area contributed by atoms with Crippen LogP contribution in [0.4, 0.5) is 0 Å². The number of hydrogen-bond donors (Lipinski definition) is 1. The van der Waals surface area contributed by atoms with E-state index >= 15 is 0 Å². The summed E-state index contributed by atoms with van der Waals surface area (Å²) >= 11 is 10.9. The van der Waals surface area contributed by atoms with Crippen LogP contribution < -0.4 is 10.1 Å². The first-order valence-electron chi connectivity index (χ1n) is 7.20. The fourth-order valence-electron chi connectivity index (χ4n) is 1.81. The number of aromatic nitrogens is 1. The molecule has 23 heavy (non-hydrogen) atoms. The van der Waals surface area contributed by atoms with E-state index in [0.29, 0.717) is 27.7 Å². The Morgan fingerprint density at radius 3 is 2.78 bits per heavy atom. The Morgan fingerprint density at radius 1 is 1.43 bits per heavy atom. The molecule has 0 spiro atoms. The van der Waals surface area contributed by atoms with E-state index in [-0.39, 0.29) is 5.91 Å². The van der Waals surface area contributed by atoms with Crippen LogP contribution in [-0.2, 0) is 11.3 Å². The number of thiazole rings is 1. The summed E-state index contributed by atoms with van der Waals surface area (Å²) < 4.78 is 6.37. The Balaban J connectivity index is 1.89. The molecule has 1 unspecified atom stereocenters. The molecular weight excluding hydrogens is 400 g/mol. The van der Waals surface area contributed by atoms with Gasteiger partial charge in [0.15, 0.2) is 6.10 Å². The van der Waals surface area contributed by atoms with Crippen molar-refractivity contribution in [3.05, 3.63) is 43.8 Å². The molecule has 1 aromatic carbocycles. The topological polar surface area (TPSA) is 51.2 Å². The van der Waals surface area contributed by atoms with E-state index in [1.807, 2.05) is 5.38 Å². The molecule has 2 rings (SSSR count). The average Bonchev–Trinajstić information content (AvgIpc) is 2.96. The maximum atomic E-state index is 12.1. The normalized spacial score (nSPS) is 12.3. The Morgan fingerprint density at radius 2 is 2.17 bits per heavy atom. The number of rotatable bonds is 6. The summed E-state index contributed by atoms with van der Waals surface area (Å²) in [5.74, 6) is 0.785. The van der Waals surface area contributed by atoms with Crippen molar-refractivity contribution < 1.29 is 9.53 Å². The minimum absolute atomic E-state index is 0.189. The summed E-state index contributed by atoms with van der Waals surface area (Å²) in [7, 11) is 0. The maximum absolute atomic E-state index is 12.1. The van der Waals surface area contributed by atoms with Gasteiger partial charge in [-0.1, -0.05) is 25.4 Å². The highest BCUT2D eigenvalue weighted by Gasteiger charge is 2.16. The lowest BCUT2D eigenvalue weighted by Crippen LogP contribution is -2.36. The summed E-state index contributed by atoms with van der Waals surface area (Å²) in [5.41, 5.74) is 0.868. The van der Waals surface area contributed by atoms with Crippen LogP contribution in [0.15, 0.2) is 28.1 Å². The van der Waals surface area contributed by atoms with E-state index in [0.717, 1.165) is 10.7 Å². The monoisotopic (exact) mass is 416 g/mol. The van der Waals surface area contributed by atoms with E-state index in [9.17, 15) is 4.79 Å². The van der Waals surface area contributed by atoms with Crippen LogP contribution in [0.1, 0.15) is 37.4 Å². The highest BCUT2D eigenvalue weighted by atomic mass is 79.9. The molecule has 7 heteroatoms. The van der Waals surface area contributed by atoms with Crippen LogP contribution in [0.5, 0.6) is 5.75 Å². The standard InChI is InChI=1S/C16H18BrClN2O2S/c1-9(2)16-20-12(8-23-16)7-19-15(21)10(3)22-14-5-4-11(18)6-13(14)17/h4-6,8-10H,7H2,1-3H3,(H,19,21). The zero-order valence-corrected chi connectivity index (χ0v) is 16.3. The predicted molar refractivity (Wildman–Crippen MR) is 97.3 cm³/mol. The zero-order chi connectivity index (χ0) is 17.0. The lowest BCUT2D eigenvalue weighted by Gasteiger charge is -2.15. The first-order valence-corrected chi connectivity index (χ1v) is 9.25. The van der Waals surface area contributed by atoms with E-state index < -0.39 is 6.10 Å². The van der Waals surface area contributed by atoms with Crippen molar-refractivity contribution in [2.75, 3.05) is 0 Å². The molecule has 1 atom stereocenters. The van der Waals surface area contributed by atoms with Crippen LogP contribution in [0.3, 0.4) is 0 Å². The number of carbonyl (C=O) groups excluding carboxylic acids is 1. The third-order valence-corrected chi connectivity index (χ3v) is 5.12. The summed E-state index contributed by atoms with van der Waals surface area (Å²) in [6, 6.07) is 5.17. The summed E-state index contributed by atoms with van der Waals surface area (Å²) in [5, 5.41) is 6.49. The van der Waals surface area contributed by atoms with Gasteiger partial charge in [-0.05, 0) is 41.1 Å². The smallest absolute Gasteiger partial charge is 0.261 e. The molecule has 124 valence electrons. The largest absolute Gasteiger partial charge is 0.480 e. The van der Waals surface area contributed by atoms with Crippen molar-refractivity contribution in [1.82, 2.24) is 10.3 Å². The first kappa shape index (κ1) is 18.2. The van der Waals surface area contributed by atoms with Crippen molar-refractivity contribution in [3.63, 3.8) is 0 Å². The van der Waals surface area contributed by atoms with E-state index in [2.05, 4.69) is 40.1 Å². The van der Waals surface area contributed by atoms with Crippen molar-refractivity contribution in [2.24, 2.45) is 0 Å². The number of nitrogens with one attached hydrogen (secondary N) is 1. The molecule has 0 aliphatic rings. The minimum atomic E-state index is -0.615. The van der Waals surface area contributed by atoms with Gasteiger partial charge < -0.3 is 10.1 Å². The second-order valence-corrected chi connectivity index (χ2v) is 7.56. The molecule has 1 N–H and O–H groups in total. The van der Waals surface area contributed by atoms with E-state index in [4.69, 9.17) is 16.3 Å². The van der Waals surface area contributed by atoms with Crippen molar-refractivity contribution in [3.8, 4) is 5.75 Å². The predicted octanol–water partition coefficient (Wildman–Crippen LogP) is 4.77. The van der Waals surface area contributed by atoms with Crippen LogP contribution in [0.25, 0.3) is 0 Å². The molecular formula is C16H18BrClN2O2S. The number of carbonyl (C=O) groups is 1. The number of hydrogen-bond acceptors (Lipinski definition) is 4. The van der Waals surface area contributed by atoms with Gasteiger partial charge in [0.2, 0.25) is 0 Å². The SMILES string of the molecule is CC(Oc1ccc(Cl)cc1Br)C(=O)NCc1csc(C(C)C)n1. The fourth-order valence-corrected chi connectivity index (χ4v) is 3.42. The van der Waals surface area contributed by atoms with Gasteiger partial charge in [0.1, 0.15) is 5.75 Å². The molecule has 0 bridgehead atoms. The quantitative estimate of drug-likeness (QED) is 0.737. The van der Waals surface area contributed by atoms with Crippen LogP contribution in [0.2, 0.25) is 5.02 Å². The molecule has 0 aliphatic carbocycles. The number of halogens is 2. The molecule has 0 saturated heterocycles. The lowest BCUT2D eigenvalue weighted by atomic mass is 10.2. The fraction of sp³-hybridized carbons (Fsp3) is 0.375. The second kappa shape index (κ2) is 8.13. The summed E-state index contributed by atoms with van der Waals surface area (Å²) in [6.07, 6.45) is -0.615. The number of benzene rings is 1. The molecule has 1 amide bonds. The highest BCUT2D eigenvalue weighted by molar-refractivity contribution is 9.10. The Kier molecular flexibility index (Phi) is 6.44. The third-order valence-electron chi connectivity index (χ3n) is 3.07. The van der Waals surface area contributed by atoms with Crippen molar-refractivity contribution in [1.29, 1.82) is 0 Å². The van der Waals surface area contributed by atoms with Gasteiger partial charge in [-0.15, -0.1) is 11.3 Å². The first-order chi connectivity index (χ1) is 10.9. The zero-order valence-electron chi connectivity index (χ0n) is 13.1. The Hall–Kier alpha value is -1.11. The van der Waals surface area contributed by atoms with Gasteiger partial charge in [0, 0.05) is 16.3 Å². The Bertz CT molecular complexity index is 690. The average molecular weight is 418 g/mol. The van der Waals surface area contributed by atoms with E-state index in [1.54, 1.807) is 36.5 Å². The second-order valence-electron chi connectivity index (χ2n) is 5.38. The molecule has 0 radical (unpaired) electrons. The maximum Gasteiger partial charge on any atom is 0.261 e. The lowest BCUT2D eigenvalue weighted by molar-refractivity contribution is -0.127. The highest BCUT2D eigenvalue weighted by Crippen LogP contribution is 2.28. The van der Waals surface area contributed by atoms with Crippen LogP contribution in [0, 0.1) is 0 Å². The molecule has 1 heterocycles. The molecule has 0 aliphatic heterocycles. The number of ether oxygens (including phenoxy) is 1. The van der Waals surface area contributed by atoms with Gasteiger partial charge in [-0.25, -0.2) is 4.98 Å². The summed E-state index contributed by atoms with van der Waals surface area (Å²) in [6.45, 7) is 6.30. The van der Waals surface area contributed by atoms with Gasteiger partial charge >= 0.3 is 0 Å². The molecule has 4 nitrogen and oxygen atoms in total. The Labute approximate surface area is 153 Å². The molecule has 0 fully saturated rings. The van der Waals surface area contributed by atoms with E-state index in [1.165, 1.54) is 0 Å². The van der Waals surface area contributed by atoms with Gasteiger partial charge in [0.25, 0.3) is 5.91 Å². The number of nitrogens with zero attached hydrogens (tertiary/aromatic N) is 1. The van der Waals surface area contributed by atoms with Crippen molar-refractivity contribution >= 4 is 44.8 Å². The number of amides is 1. The van der Waals surface area contributed by atoms with Crippen LogP contribution >= 0.6 is 38.9 Å². The molecule has 1 aromatic heterocycles. The van der Waals surface area contributed by atoms with Gasteiger partial charge in [0.05, 0.1) is 21.7 Å². The summed E-state index contributed by atoms with van der Waals surface area (Å²) in [4.78, 5) is 16.6. The molecule has 0 saturated carbocycles. The third kappa shape index (κ3) is 5.19.